The molecule has 4 nitrogen and oxygen atoms in total. The summed E-state index contributed by atoms with van der Waals surface area (Å²) >= 11 is 14.0. The van der Waals surface area contributed by atoms with Crippen LogP contribution < -0.4 is 9.47 Å². The van der Waals surface area contributed by atoms with Crippen LogP contribution in [-0.4, -0.2) is 16.3 Å². The monoisotopic (exact) mass is 454 g/mol. The Morgan fingerprint density at radius 2 is 1.13 bits per heavy atom. The van der Waals surface area contributed by atoms with Crippen LogP contribution in [0.1, 0.15) is 36.5 Å². The molecule has 0 spiro atoms. The summed E-state index contributed by atoms with van der Waals surface area (Å²) in [5.41, 5.74) is 2.06. The summed E-state index contributed by atoms with van der Waals surface area (Å²) in [5, 5.41) is 0. The first-order chi connectivity index (χ1) is 14.8. The van der Waals surface area contributed by atoms with E-state index in [1.807, 2.05) is 54.6 Å². The maximum atomic E-state index is 11.3. The van der Waals surface area contributed by atoms with E-state index >= 15 is 0 Å². The highest BCUT2D eigenvalue weighted by molar-refractivity contribution is 6.53. The summed E-state index contributed by atoms with van der Waals surface area (Å²) < 4.78 is 9.23. The molecular formula is C25H20Cl2O4. The maximum absolute atomic E-state index is 11.3. The molecule has 31 heavy (non-hydrogen) atoms. The van der Waals surface area contributed by atoms with Crippen molar-refractivity contribution in [3.05, 3.63) is 95.6 Å². The summed E-state index contributed by atoms with van der Waals surface area (Å²) in [7, 11) is 0. The molecule has 3 aromatic rings. The predicted molar refractivity (Wildman–Crippen MR) is 120 cm³/mol. The molecule has 1 atom stereocenters. The molecule has 0 N–H and O–H groups in total. The van der Waals surface area contributed by atoms with Crippen molar-refractivity contribution < 1.29 is 19.1 Å². The molecule has 1 aliphatic rings. The minimum atomic E-state index is -1.11. The Bertz CT molecular complexity index is 1050. The van der Waals surface area contributed by atoms with Crippen molar-refractivity contribution in [2.45, 2.75) is 29.5 Å². The molecule has 0 aliphatic heterocycles. The molecule has 0 saturated heterocycles. The van der Waals surface area contributed by atoms with Gasteiger partial charge in [0.2, 0.25) is 0 Å². The molecule has 0 heterocycles. The number of alkyl halides is 2. The lowest BCUT2D eigenvalue weighted by Gasteiger charge is -2.21. The van der Waals surface area contributed by atoms with Crippen molar-refractivity contribution >= 4 is 35.1 Å². The number of esters is 2. The lowest BCUT2D eigenvalue weighted by Crippen LogP contribution is -2.17. The zero-order chi connectivity index (χ0) is 22.2. The molecule has 158 valence electrons. The Balaban J connectivity index is 1.82. The van der Waals surface area contributed by atoms with Crippen LogP contribution in [0.4, 0.5) is 0 Å². The van der Waals surface area contributed by atoms with Crippen LogP contribution in [0.25, 0.3) is 0 Å². The predicted octanol–water partition coefficient (Wildman–Crippen LogP) is 5.79. The zero-order valence-electron chi connectivity index (χ0n) is 17.0. The van der Waals surface area contributed by atoms with E-state index in [1.165, 1.54) is 13.8 Å². The van der Waals surface area contributed by atoms with Gasteiger partial charge in [0.1, 0.15) is 15.8 Å². The zero-order valence-corrected chi connectivity index (χ0v) is 18.5. The standard InChI is InChI=1S/C25H20Cl2O4/c1-16(28)30-21-12-8-19(9-13-21)24(20-10-14-22(15-11-20)31-17(2)29)23(25(24,26)27)18-6-4-3-5-7-18/h3-15,23H,1-2H3. The summed E-state index contributed by atoms with van der Waals surface area (Å²) in [6.07, 6.45) is 0. The van der Waals surface area contributed by atoms with Crippen molar-refractivity contribution in [2.75, 3.05) is 0 Å². The third kappa shape index (κ3) is 3.71. The lowest BCUT2D eigenvalue weighted by atomic mass is 9.84. The van der Waals surface area contributed by atoms with Crippen molar-refractivity contribution in [1.29, 1.82) is 0 Å². The van der Waals surface area contributed by atoms with Crippen molar-refractivity contribution in [3.8, 4) is 11.5 Å². The number of ether oxygens (including phenoxy) is 2. The SMILES string of the molecule is CC(=O)Oc1ccc(C2(c3ccc(OC(C)=O)cc3)C(c3ccccc3)C2(Cl)Cl)cc1. The first-order valence-corrected chi connectivity index (χ1v) is 10.5. The molecule has 0 aromatic heterocycles. The van der Waals surface area contributed by atoms with Gasteiger partial charge in [0.25, 0.3) is 0 Å². The molecule has 1 fully saturated rings. The van der Waals surface area contributed by atoms with Crippen LogP contribution in [-0.2, 0) is 15.0 Å². The average Bonchev–Trinajstić information content (AvgIpc) is 3.26. The summed E-state index contributed by atoms with van der Waals surface area (Å²) in [6, 6.07) is 24.3. The highest BCUT2D eigenvalue weighted by Gasteiger charge is 2.77. The topological polar surface area (TPSA) is 52.6 Å². The quantitative estimate of drug-likeness (QED) is 0.278. The first-order valence-electron chi connectivity index (χ1n) is 9.77. The van der Waals surface area contributed by atoms with Gasteiger partial charge in [-0.05, 0) is 41.0 Å². The summed E-state index contributed by atoms with van der Waals surface area (Å²) in [5.74, 6) is -0.0857. The second-order valence-electron chi connectivity index (χ2n) is 7.51. The average molecular weight is 455 g/mol. The third-order valence-electron chi connectivity index (χ3n) is 5.51. The highest BCUT2D eigenvalue weighted by Crippen LogP contribution is 2.77. The van der Waals surface area contributed by atoms with E-state index in [0.717, 1.165) is 16.7 Å². The van der Waals surface area contributed by atoms with Crippen molar-refractivity contribution in [2.24, 2.45) is 0 Å². The van der Waals surface area contributed by atoms with E-state index in [1.54, 1.807) is 24.3 Å². The van der Waals surface area contributed by atoms with E-state index in [-0.39, 0.29) is 17.9 Å². The van der Waals surface area contributed by atoms with Gasteiger partial charge >= 0.3 is 11.9 Å². The Morgan fingerprint density at radius 3 is 1.52 bits per heavy atom. The van der Waals surface area contributed by atoms with E-state index < -0.39 is 9.75 Å². The normalized spacial score (nSPS) is 18.1. The van der Waals surface area contributed by atoms with Gasteiger partial charge in [-0.15, -0.1) is 0 Å². The maximum Gasteiger partial charge on any atom is 0.308 e. The van der Waals surface area contributed by atoms with E-state index in [2.05, 4.69) is 0 Å². The van der Waals surface area contributed by atoms with Crippen molar-refractivity contribution in [3.63, 3.8) is 0 Å². The van der Waals surface area contributed by atoms with Gasteiger partial charge in [0.05, 0.1) is 5.41 Å². The number of hydrogen-bond donors (Lipinski definition) is 0. The molecule has 3 aromatic carbocycles. The van der Waals surface area contributed by atoms with E-state index in [0.29, 0.717) is 11.5 Å². The van der Waals surface area contributed by atoms with Crippen LogP contribution in [0.3, 0.4) is 0 Å². The first kappa shape index (κ1) is 21.4. The number of carbonyl (C=O) groups excluding carboxylic acids is 2. The molecule has 4 rings (SSSR count). The van der Waals surface area contributed by atoms with Crippen molar-refractivity contribution in [1.82, 2.24) is 0 Å². The summed E-state index contributed by atoms with van der Waals surface area (Å²) in [6.45, 7) is 2.71. The summed E-state index contributed by atoms with van der Waals surface area (Å²) in [4.78, 5) is 22.6. The molecule has 0 bridgehead atoms. The minimum absolute atomic E-state index is 0.205. The fourth-order valence-electron chi connectivity index (χ4n) is 4.30. The number of hydrogen-bond acceptors (Lipinski definition) is 4. The van der Waals surface area contributed by atoms with Crippen LogP contribution in [0.5, 0.6) is 11.5 Å². The smallest absolute Gasteiger partial charge is 0.308 e. The number of carbonyl (C=O) groups is 2. The minimum Gasteiger partial charge on any atom is -0.427 e. The van der Waals surface area contributed by atoms with E-state index in [9.17, 15) is 9.59 Å². The van der Waals surface area contributed by atoms with Crippen LogP contribution in [0.2, 0.25) is 0 Å². The van der Waals surface area contributed by atoms with Crippen LogP contribution in [0.15, 0.2) is 78.9 Å². The Labute approximate surface area is 190 Å². The molecule has 1 saturated carbocycles. The van der Waals surface area contributed by atoms with Crippen LogP contribution in [0, 0.1) is 0 Å². The second-order valence-corrected chi connectivity index (χ2v) is 8.90. The highest BCUT2D eigenvalue weighted by atomic mass is 35.5. The van der Waals surface area contributed by atoms with E-state index in [4.69, 9.17) is 32.7 Å². The Morgan fingerprint density at radius 1 is 0.710 bits per heavy atom. The van der Waals surface area contributed by atoms with Gasteiger partial charge in [-0.1, -0.05) is 77.8 Å². The van der Waals surface area contributed by atoms with Crippen LogP contribution >= 0.6 is 23.2 Å². The van der Waals surface area contributed by atoms with Gasteiger partial charge in [0.15, 0.2) is 0 Å². The molecule has 1 aliphatic carbocycles. The van der Waals surface area contributed by atoms with Gasteiger partial charge in [-0.25, -0.2) is 0 Å². The molecular weight excluding hydrogens is 435 g/mol. The fraction of sp³-hybridized carbons (Fsp3) is 0.200. The second kappa shape index (κ2) is 8.03. The number of rotatable bonds is 5. The largest absolute Gasteiger partial charge is 0.427 e. The molecule has 0 radical (unpaired) electrons. The van der Waals surface area contributed by atoms with Gasteiger partial charge in [-0.3, -0.25) is 9.59 Å². The molecule has 0 amide bonds. The van der Waals surface area contributed by atoms with Gasteiger partial charge in [-0.2, -0.15) is 0 Å². The molecule has 1 unspecified atom stereocenters. The number of halogens is 2. The number of benzene rings is 3. The fourth-order valence-corrected chi connectivity index (χ4v) is 5.42. The Kier molecular flexibility index (Phi) is 5.54. The molecule has 6 heteroatoms. The third-order valence-corrected chi connectivity index (χ3v) is 6.55. The lowest BCUT2D eigenvalue weighted by molar-refractivity contribution is -0.132. The Hall–Kier alpha value is -2.82. The van der Waals surface area contributed by atoms with Gasteiger partial charge in [0, 0.05) is 19.8 Å². The van der Waals surface area contributed by atoms with Gasteiger partial charge < -0.3 is 9.47 Å².